The minimum atomic E-state index is -3.72. The summed E-state index contributed by atoms with van der Waals surface area (Å²) < 4.78 is 42.7. The molecule has 1 unspecified atom stereocenters. The molecule has 3 aliphatic rings. The van der Waals surface area contributed by atoms with Gasteiger partial charge < -0.3 is 10.2 Å². The lowest BCUT2D eigenvalue weighted by Gasteiger charge is -2.36. The van der Waals surface area contributed by atoms with Gasteiger partial charge in [0.15, 0.2) is 0 Å². The molecule has 0 spiro atoms. The number of hydrogen-bond acceptors (Lipinski definition) is 4. The van der Waals surface area contributed by atoms with Gasteiger partial charge in [0.2, 0.25) is 21.8 Å². The second-order valence-corrected chi connectivity index (χ2v) is 13.2. The summed E-state index contributed by atoms with van der Waals surface area (Å²) in [6.07, 6.45) is 3.86. The predicted octanol–water partition coefficient (Wildman–Crippen LogP) is 4.14. The average Bonchev–Trinajstić information content (AvgIpc) is 3.56. The molecule has 2 heterocycles. The van der Waals surface area contributed by atoms with Crippen molar-refractivity contribution >= 4 is 45.0 Å². The van der Waals surface area contributed by atoms with Crippen LogP contribution in [-0.4, -0.2) is 60.9 Å². The summed E-state index contributed by atoms with van der Waals surface area (Å²) in [5, 5.41) is 2.54. The second kappa shape index (κ2) is 10.1. The first-order valence-electron chi connectivity index (χ1n) is 12.2. The van der Waals surface area contributed by atoms with Crippen LogP contribution in [0.15, 0.2) is 12.1 Å². The third-order valence-corrected chi connectivity index (χ3v) is 11.0. The van der Waals surface area contributed by atoms with E-state index < -0.39 is 38.5 Å². The van der Waals surface area contributed by atoms with Gasteiger partial charge in [0.05, 0.1) is 22.0 Å². The number of nitrogens with zero attached hydrogens (tertiary/aromatic N) is 2. The van der Waals surface area contributed by atoms with Crippen LogP contribution in [0.1, 0.15) is 64.0 Å². The number of hydrogen-bond donors (Lipinski definition) is 1. The molecule has 7 nitrogen and oxygen atoms in total. The third-order valence-electron chi connectivity index (χ3n) is 7.96. The Morgan fingerprint density at radius 3 is 2.57 bits per heavy atom. The quantitative estimate of drug-likeness (QED) is 0.519. The highest BCUT2D eigenvalue weighted by atomic mass is 35.5. The summed E-state index contributed by atoms with van der Waals surface area (Å²) >= 11 is 12.6. The lowest BCUT2D eigenvalue weighted by molar-refractivity contribution is -0.127. The van der Waals surface area contributed by atoms with E-state index in [1.54, 1.807) is 4.90 Å². The monoisotopic (exact) mass is 547 g/mol. The zero-order valence-electron chi connectivity index (χ0n) is 20.0. The standard InChI is InChI=1S/C24H32Cl2FN3O4S/c1-3-29-14-16(12-19(29)31)35(33,34)30-11-8-15(13-30)23(32)28-22(24(2)9-4-5-10-24)20-18(27)7-6-17(25)21(20)26/h6-7,15-16,22H,3-5,8-14H2,1-2H3,(H,28,32)/t15-,16?,22+/m0/s1. The summed E-state index contributed by atoms with van der Waals surface area (Å²) in [5.74, 6) is -1.59. The highest BCUT2D eigenvalue weighted by molar-refractivity contribution is 7.89. The molecule has 2 aliphatic heterocycles. The number of halogens is 3. The number of benzene rings is 1. The van der Waals surface area contributed by atoms with Crippen LogP contribution in [0.2, 0.25) is 10.0 Å². The zero-order chi connectivity index (χ0) is 25.5. The maximum Gasteiger partial charge on any atom is 0.224 e. The van der Waals surface area contributed by atoms with Gasteiger partial charge in [0.25, 0.3) is 0 Å². The molecular weight excluding hydrogens is 516 g/mol. The van der Waals surface area contributed by atoms with Crippen LogP contribution in [0.3, 0.4) is 0 Å². The van der Waals surface area contributed by atoms with E-state index in [0.29, 0.717) is 13.0 Å². The summed E-state index contributed by atoms with van der Waals surface area (Å²) in [6, 6.07) is 1.97. The normalized spacial score (nSPS) is 25.9. The number of likely N-dealkylation sites (tertiary alicyclic amines) is 1. The van der Waals surface area contributed by atoms with Crippen molar-refractivity contribution in [3.05, 3.63) is 33.6 Å². The first-order chi connectivity index (χ1) is 16.5. The topological polar surface area (TPSA) is 86.8 Å². The summed E-state index contributed by atoms with van der Waals surface area (Å²) in [4.78, 5) is 27.0. The van der Waals surface area contributed by atoms with E-state index in [1.165, 1.54) is 16.4 Å². The van der Waals surface area contributed by atoms with E-state index in [9.17, 15) is 18.0 Å². The molecule has 4 rings (SSSR count). The fraction of sp³-hybridized carbons (Fsp3) is 0.667. The molecule has 1 aromatic rings. The predicted molar refractivity (Wildman–Crippen MR) is 133 cm³/mol. The smallest absolute Gasteiger partial charge is 0.224 e. The molecular formula is C24H32Cl2FN3O4S. The molecule has 0 bridgehead atoms. The number of nitrogens with one attached hydrogen (secondary N) is 1. The van der Waals surface area contributed by atoms with Crippen molar-refractivity contribution in [2.75, 3.05) is 26.2 Å². The molecule has 1 N–H and O–H groups in total. The van der Waals surface area contributed by atoms with Crippen molar-refractivity contribution in [2.24, 2.45) is 11.3 Å². The Morgan fingerprint density at radius 1 is 1.26 bits per heavy atom. The van der Waals surface area contributed by atoms with E-state index in [4.69, 9.17) is 23.2 Å². The summed E-state index contributed by atoms with van der Waals surface area (Å²) in [5.41, 5.74) is -0.216. The Hall–Kier alpha value is -1.42. The van der Waals surface area contributed by atoms with Gasteiger partial charge in [0.1, 0.15) is 11.1 Å². The van der Waals surface area contributed by atoms with Crippen LogP contribution in [0, 0.1) is 17.2 Å². The molecule has 1 aliphatic carbocycles. The fourth-order valence-corrected chi connectivity index (χ4v) is 8.08. The molecule has 11 heteroatoms. The molecule has 194 valence electrons. The van der Waals surface area contributed by atoms with Crippen molar-refractivity contribution in [3.8, 4) is 0 Å². The van der Waals surface area contributed by atoms with E-state index in [0.717, 1.165) is 25.7 Å². The average molecular weight is 549 g/mol. The van der Waals surface area contributed by atoms with Crippen molar-refractivity contribution < 1.29 is 22.4 Å². The molecule has 2 saturated heterocycles. The maximum absolute atomic E-state index is 15.0. The van der Waals surface area contributed by atoms with Crippen molar-refractivity contribution in [2.45, 2.75) is 63.7 Å². The number of amides is 2. The zero-order valence-corrected chi connectivity index (χ0v) is 22.4. The molecule has 1 saturated carbocycles. The Labute approximate surface area is 216 Å². The minimum Gasteiger partial charge on any atom is -0.348 e. The third kappa shape index (κ3) is 5.06. The van der Waals surface area contributed by atoms with E-state index in [-0.39, 0.29) is 53.5 Å². The summed E-state index contributed by atoms with van der Waals surface area (Å²) in [7, 11) is -3.72. The van der Waals surface area contributed by atoms with Gasteiger partial charge in [-0.15, -0.1) is 0 Å². The van der Waals surface area contributed by atoms with Gasteiger partial charge in [-0.1, -0.05) is 43.0 Å². The van der Waals surface area contributed by atoms with Gasteiger partial charge in [-0.2, -0.15) is 0 Å². The van der Waals surface area contributed by atoms with E-state index in [1.807, 2.05) is 13.8 Å². The Morgan fingerprint density at radius 2 is 1.94 bits per heavy atom. The van der Waals surface area contributed by atoms with Crippen LogP contribution >= 0.6 is 23.2 Å². The highest BCUT2D eigenvalue weighted by Crippen LogP contribution is 2.50. The molecule has 35 heavy (non-hydrogen) atoms. The van der Waals surface area contributed by atoms with Gasteiger partial charge >= 0.3 is 0 Å². The Balaban J connectivity index is 1.52. The van der Waals surface area contributed by atoms with Crippen LogP contribution in [-0.2, 0) is 19.6 Å². The van der Waals surface area contributed by atoms with E-state index in [2.05, 4.69) is 5.32 Å². The highest BCUT2D eigenvalue weighted by Gasteiger charge is 2.46. The van der Waals surface area contributed by atoms with Crippen molar-refractivity contribution in [3.63, 3.8) is 0 Å². The van der Waals surface area contributed by atoms with Crippen LogP contribution in [0.5, 0.6) is 0 Å². The second-order valence-electron chi connectivity index (χ2n) is 10.2. The number of rotatable bonds is 7. The van der Waals surface area contributed by atoms with Gasteiger partial charge in [-0.3, -0.25) is 9.59 Å². The largest absolute Gasteiger partial charge is 0.348 e. The number of carbonyl (C=O) groups is 2. The molecule has 3 atom stereocenters. The molecule has 3 fully saturated rings. The Kier molecular flexibility index (Phi) is 7.72. The molecule has 1 aromatic carbocycles. The van der Waals surface area contributed by atoms with Crippen LogP contribution < -0.4 is 5.32 Å². The SMILES string of the molecule is CCN1CC(S(=O)(=O)N2CC[C@H](C(=O)N[C@H](c3c(F)ccc(Cl)c3Cl)C3(C)CCCC3)C2)CC1=O. The first-order valence-corrected chi connectivity index (χ1v) is 14.4. The number of sulfonamides is 1. The molecule has 0 radical (unpaired) electrons. The molecule has 0 aromatic heterocycles. The fourth-order valence-electron chi connectivity index (χ4n) is 5.76. The molecule has 2 amide bonds. The first kappa shape index (κ1) is 26.6. The van der Waals surface area contributed by atoms with Crippen LogP contribution in [0.25, 0.3) is 0 Å². The van der Waals surface area contributed by atoms with Crippen LogP contribution in [0.4, 0.5) is 4.39 Å². The minimum absolute atomic E-state index is 0.0312. The van der Waals surface area contributed by atoms with Gasteiger partial charge in [0, 0.05) is 38.2 Å². The lowest BCUT2D eigenvalue weighted by atomic mass is 9.76. The maximum atomic E-state index is 15.0. The lowest BCUT2D eigenvalue weighted by Crippen LogP contribution is -2.43. The summed E-state index contributed by atoms with van der Waals surface area (Å²) in [6.45, 7) is 4.74. The van der Waals surface area contributed by atoms with Crippen molar-refractivity contribution in [1.29, 1.82) is 0 Å². The van der Waals surface area contributed by atoms with E-state index >= 15 is 4.39 Å². The van der Waals surface area contributed by atoms with Crippen molar-refractivity contribution in [1.82, 2.24) is 14.5 Å². The Bertz CT molecular complexity index is 1110. The number of carbonyl (C=O) groups excluding carboxylic acids is 2. The van der Waals surface area contributed by atoms with Gasteiger partial charge in [-0.05, 0) is 43.7 Å². The van der Waals surface area contributed by atoms with Gasteiger partial charge in [-0.25, -0.2) is 17.1 Å².